The average Bonchev–Trinajstić information content (AvgIpc) is 2.77. The highest BCUT2D eigenvalue weighted by Gasteiger charge is 2.11. The molecule has 0 unspecified atom stereocenters. The van der Waals surface area contributed by atoms with E-state index in [1.807, 2.05) is 24.3 Å². The van der Waals surface area contributed by atoms with Gasteiger partial charge in [-0.1, -0.05) is 23.9 Å². The normalized spacial score (nSPS) is 10.4. The summed E-state index contributed by atoms with van der Waals surface area (Å²) in [5.74, 6) is 2.14. The fourth-order valence-electron chi connectivity index (χ4n) is 2.84. The van der Waals surface area contributed by atoms with Gasteiger partial charge >= 0.3 is 0 Å². The first-order valence-corrected chi connectivity index (χ1v) is 10.4. The largest absolute Gasteiger partial charge is 0.497 e. The van der Waals surface area contributed by atoms with Gasteiger partial charge in [-0.25, -0.2) is 4.98 Å². The van der Waals surface area contributed by atoms with Gasteiger partial charge in [0.05, 0.1) is 33.4 Å². The molecule has 31 heavy (non-hydrogen) atoms. The van der Waals surface area contributed by atoms with Gasteiger partial charge in [0.2, 0.25) is 5.91 Å². The number of H-pyrrole nitrogens is 1. The third kappa shape index (κ3) is 6.26. The van der Waals surface area contributed by atoms with E-state index in [9.17, 15) is 9.59 Å². The van der Waals surface area contributed by atoms with E-state index in [0.717, 1.165) is 11.3 Å². The van der Waals surface area contributed by atoms with E-state index in [0.29, 0.717) is 33.8 Å². The molecule has 9 heteroatoms. The highest BCUT2D eigenvalue weighted by Crippen LogP contribution is 2.29. The van der Waals surface area contributed by atoms with Crippen LogP contribution in [0.3, 0.4) is 0 Å². The molecule has 0 atom stereocenters. The molecule has 1 heterocycles. The smallest absolute Gasteiger partial charge is 0.251 e. The van der Waals surface area contributed by atoms with E-state index in [1.54, 1.807) is 32.4 Å². The van der Waals surface area contributed by atoms with Crippen molar-refractivity contribution in [2.24, 2.45) is 0 Å². The lowest BCUT2D eigenvalue weighted by atomic mass is 10.2. The molecule has 0 aliphatic rings. The third-order valence-electron chi connectivity index (χ3n) is 4.29. The number of aromatic nitrogens is 2. The first-order valence-electron chi connectivity index (χ1n) is 9.38. The van der Waals surface area contributed by atoms with E-state index >= 15 is 0 Å². The third-order valence-corrected chi connectivity index (χ3v) is 5.24. The lowest BCUT2D eigenvalue weighted by Gasteiger charge is -2.10. The topological polar surface area (TPSA) is 103 Å². The van der Waals surface area contributed by atoms with Crippen LogP contribution in [0.15, 0.2) is 58.5 Å². The van der Waals surface area contributed by atoms with Gasteiger partial charge < -0.3 is 24.5 Å². The number of hydrogen-bond donors (Lipinski definition) is 2. The second kappa shape index (κ2) is 10.5. The van der Waals surface area contributed by atoms with Crippen molar-refractivity contribution in [2.45, 2.75) is 17.3 Å². The van der Waals surface area contributed by atoms with Gasteiger partial charge in [0.25, 0.3) is 5.56 Å². The summed E-state index contributed by atoms with van der Waals surface area (Å²) in [5, 5.41) is 3.23. The number of carbonyl (C=O) groups is 1. The van der Waals surface area contributed by atoms with Crippen LogP contribution in [0.25, 0.3) is 0 Å². The molecule has 1 aromatic heterocycles. The molecule has 0 saturated carbocycles. The number of aromatic amines is 1. The molecular weight excluding hydrogens is 418 g/mol. The minimum Gasteiger partial charge on any atom is -0.497 e. The van der Waals surface area contributed by atoms with Gasteiger partial charge in [-0.05, 0) is 29.8 Å². The average molecular weight is 442 g/mol. The van der Waals surface area contributed by atoms with E-state index in [-0.39, 0.29) is 17.9 Å². The molecule has 0 fully saturated rings. The van der Waals surface area contributed by atoms with Crippen LogP contribution in [-0.2, 0) is 17.0 Å². The molecule has 0 saturated heterocycles. The van der Waals surface area contributed by atoms with Crippen LogP contribution >= 0.6 is 11.8 Å². The Morgan fingerprint density at radius 2 is 1.84 bits per heavy atom. The zero-order valence-electron chi connectivity index (χ0n) is 17.4. The Kier molecular flexibility index (Phi) is 7.55. The van der Waals surface area contributed by atoms with Gasteiger partial charge in [0, 0.05) is 23.6 Å². The Labute approximate surface area is 184 Å². The Balaban J connectivity index is 1.65. The number of nitrogens with zero attached hydrogens (tertiary/aromatic N) is 1. The second-order valence-electron chi connectivity index (χ2n) is 6.48. The maximum absolute atomic E-state index is 12.5. The van der Waals surface area contributed by atoms with Crippen molar-refractivity contribution in [1.29, 1.82) is 0 Å². The van der Waals surface area contributed by atoms with Crippen LogP contribution < -0.4 is 25.1 Å². The number of nitrogens with one attached hydrogen (secondary N) is 2. The van der Waals surface area contributed by atoms with Crippen LogP contribution in [0.2, 0.25) is 0 Å². The molecule has 0 bridgehead atoms. The molecule has 3 rings (SSSR count). The Bertz CT molecular complexity index is 1120. The minimum absolute atomic E-state index is 0.0367. The van der Waals surface area contributed by atoms with Crippen molar-refractivity contribution in [3.8, 4) is 17.2 Å². The van der Waals surface area contributed by atoms with Crippen LogP contribution in [0.1, 0.15) is 11.3 Å². The van der Waals surface area contributed by atoms with E-state index in [4.69, 9.17) is 14.2 Å². The Morgan fingerprint density at radius 1 is 1.03 bits per heavy atom. The number of amides is 1. The van der Waals surface area contributed by atoms with Gasteiger partial charge in [-0.15, -0.1) is 0 Å². The Hall–Kier alpha value is -3.46. The van der Waals surface area contributed by atoms with Crippen molar-refractivity contribution < 1.29 is 19.0 Å². The summed E-state index contributed by atoms with van der Waals surface area (Å²) >= 11 is 1.38. The first kappa shape index (κ1) is 22.2. The number of carbonyl (C=O) groups excluding carboxylic acids is 1. The molecule has 3 aromatic rings. The summed E-state index contributed by atoms with van der Waals surface area (Å²) in [5.41, 5.74) is 1.66. The highest BCUT2D eigenvalue weighted by atomic mass is 32.2. The van der Waals surface area contributed by atoms with Crippen molar-refractivity contribution in [1.82, 2.24) is 9.97 Å². The van der Waals surface area contributed by atoms with Crippen LogP contribution in [0, 0.1) is 0 Å². The van der Waals surface area contributed by atoms with Crippen LogP contribution in [0.4, 0.5) is 5.69 Å². The second-order valence-corrected chi connectivity index (χ2v) is 7.44. The standard InChI is InChI=1S/C22H23N3O5S/c1-28-17-6-4-5-14(9-17)13-31-22-24-16(12-21(27)25-22)11-20(26)23-15-7-8-18(29-2)19(10-15)30-3/h4-10,12H,11,13H2,1-3H3,(H,23,26)(H,24,25,27). The number of methoxy groups -OCH3 is 3. The lowest BCUT2D eigenvalue weighted by molar-refractivity contribution is -0.115. The zero-order chi connectivity index (χ0) is 22.2. The maximum atomic E-state index is 12.5. The molecular formula is C22H23N3O5S. The number of ether oxygens (including phenoxy) is 3. The monoisotopic (exact) mass is 441 g/mol. The maximum Gasteiger partial charge on any atom is 0.251 e. The molecule has 162 valence electrons. The SMILES string of the molecule is COc1cccc(CSc2nc(CC(=O)Nc3ccc(OC)c(OC)c3)cc(=O)[nH]2)c1. The van der Waals surface area contributed by atoms with Crippen LogP contribution in [0.5, 0.6) is 17.2 Å². The summed E-state index contributed by atoms with van der Waals surface area (Å²) in [7, 11) is 4.68. The van der Waals surface area contributed by atoms with Crippen LogP contribution in [-0.4, -0.2) is 37.2 Å². The fourth-order valence-corrected chi connectivity index (χ4v) is 3.68. The number of benzene rings is 2. The minimum atomic E-state index is -0.308. The summed E-state index contributed by atoms with van der Waals surface area (Å²) in [6, 6.07) is 14.1. The van der Waals surface area contributed by atoms with Gasteiger partial charge in [-0.2, -0.15) is 0 Å². The predicted molar refractivity (Wildman–Crippen MR) is 119 cm³/mol. The summed E-state index contributed by atoms with van der Waals surface area (Å²) in [6.07, 6.45) is -0.0367. The molecule has 0 radical (unpaired) electrons. The summed E-state index contributed by atoms with van der Waals surface area (Å²) < 4.78 is 15.7. The number of thioether (sulfide) groups is 1. The molecule has 2 N–H and O–H groups in total. The van der Waals surface area contributed by atoms with Crippen molar-refractivity contribution >= 4 is 23.4 Å². The highest BCUT2D eigenvalue weighted by molar-refractivity contribution is 7.98. The van der Waals surface area contributed by atoms with Crippen molar-refractivity contribution in [3.63, 3.8) is 0 Å². The molecule has 2 aromatic carbocycles. The molecule has 1 amide bonds. The number of anilines is 1. The van der Waals surface area contributed by atoms with Crippen molar-refractivity contribution in [3.05, 3.63) is 70.1 Å². The zero-order valence-corrected chi connectivity index (χ0v) is 18.2. The summed E-state index contributed by atoms with van der Waals surface area (Å²) in [6.45, 7) is 0. The quantitative estimate of drug-likeness (QED) is 0.388. The lowest BCUT2D eigenvalue weighted by Crippen LogP contribution is -2.18. The molecule has 0 aliphatic heterocycles. The molecule has 0 spiro atoms. The number of rotatable bonds is 9. The van der Waals surface area contributed by atoms with Gasteiger partial charge in [0.1, 0.15) is 5.75 Å². The summed E-state index contributed by atoms with van der Waals surface area (Å²) in [4.78, 5) is 31.6. The van der Waals surface area contributed by atoms with E-state index in [1.165, 1.54) is 24.9 Å². The van der Waals surface area contributed by atoms with Gasteiger partial charge in [-0.3, -0.25) is 9.59 Å². The van der Waals surface area contributed by atoms with Crippen molar-refractivity contribution in [2.75, 3.05) is 26.6 Å². The molecule has 8 nitrogen and oxygen atoms in total. The predicted octanol–water partition coefficient (Wildman–Crippen LogP) is 3.27. The fraction of sp³-hybridized carbons (Fsp3) is 0.227. The number of hydrogen-bond acceptors (Lipinski definition) is 7. The van der Waals surface area contributed by atoms with E-state index < -0.39 is 0 Å². The first-order chi connectivity index (χ1) is 15.0. The van der Waals surface area contributed by atoms with E-state index in [2.05, 4.69) is 15.3 Å². The Morgan fingerprint density at radius 3 is 2.58 bits per heavy atom. The van der Waals surface area contributed by atoms with Gasteiger partial charge in [0.15, 0.2) is 16.7 Å². The molecule has 0 aliphatic carbocycles.